The average molecular weight is 308 g/mol. The van der Waals surface area contributed by atoms with E-state index in [1.165, 1.54) is 0 Å². The van der Waals surface area contributed by atoms with E-state index in [9.17, 15) is 0 Å². The van der Waals surface area contributed by atoms with Crippen LogP contribution in [0.2, 0.25) is 0 Å². The fourth-order valence-electron chi connectivity index (χ4n) is 2.01. The normalized spacial score (nSPS) is 10.1. The maximum atomic E-state index is 5.30. The Bertz CT molecular complexity index is 765. The maximum Gasteiger partial charge on any atom is 0.244 e. The van der Waals surface area contributed by atoms with Crippen molar-refractivity contribution >= 4 is 17.5 Å². The third-order valence-corrected chi connectivity index (χ3v) is 3.10. The molecular formula is C16H16N6O. The van der Waals surface area contributed by atoms with Gasteiger partial charge < -0.3 is 15.4 Å². The Hall–Kier alpha value is -3.22. The van der Waals surface area contributed by atoms with Crippen LogP contribution >= 0.6 is 0 Å². The predicted octanol–water partition coefficient (Wildman–Crippen LogP) is 2.63. The first-order valence-corrected chi connectivity index (χ1v) is 7.07. The van der Waals surface area contributed by atoms with Gasteiger partial charge >= 0.3 is 0 Å². The summed E-state index contributed by atoms with van der Waals surface area (Å²) in [5.41, 5.74) is 1.85. The molecule has 0 atom stereocenters. The first-order chi connectivity index (χ1) is 11.3. The zero-order valence-corrected chi connectivity index (χ0v) is 12.6. The van der Waals surface area contributed by atoms with Gasteiger partial charge in [-0.1, -0.05) is 18.2 Å². The van der Waals surface area contributed by atoms with Crippen molar-refractivity contribution in [2.45, 2.75) is 6.54 Å². The van der Waals surface area contributed by atoms with E-state index in [4.69, 9.17) is 4.74 Å². The lowest BCUT2D eigenvalue weighted by atomic mass is 10.3. The maximum absolute atomic E-state index is 5.30. The lowest BCUT2D eigenvalue weighted by molar-refractivity contribution is 0.417. The van der Waals surface area contributed by atoms with Crippen molar-refractivity contribution in [1.82, 2.24) is 20.2 Å². The molecule has 0 saturated heterocycles. The first kappa shape index (κ1) is 14.7. The number of ether oxygens (including phenoxy) is 1. The molecule has 0 spiro atoms. The van der Waals surface area contributed by atoms with E-state index in [1.54, 1.807) is 25.7 Å². The summed E-state index contributed by atoms with van der Waals surface area (Å²) in [6.07, 6.45) is 5.08. The highest BCUT2D eigenvalue weighted by Gasteiger charge is 2.05. The lowest BCUT2D eigenvalue weighted by Gasteiger charge is -2.10. The van der Waals surface area contributed by atoms with Crippen LogP contribution in [-0.2, 0) is 6.54 Å². The number of hydrogen-bond donors (Lipinski definition) is 2. The fraction of sp³-hybridized carbons (Fsp3) is 0.125. The van der Waals surface area contributed by atoms with E-state index in [1.807, 2.05) is 36.4 Å². The van der Waals surface area contributed by atoms with E-state index in [0.717, 1.165) is 17.0 Å². The smallest absolute Gasteiger partial charge is 0.244 e. The zero-order chi connectivity index (χ0) is 15.9. The van der Waals surface area contributed by atoms with Crippen molar-refractivity contribution in [1.29, 1.82) is 0 Å². The summed E-state index contributed by atoms with van der Waals surface area (Å²) in [6, 6.07) is 11.5. The number of hydrogen-bond acceptors (Lipinski definition) is 7. The molecule has 0 aliphatic heterocycles. The van der Waals surface area contributed by atoms with Gasteiger partial charge in [-0.15, -0.1) is 5.10 Å². The van der Waals surface area contributed by atoms with E-state index in [2.05, 4.69) is 30.8 Å². The molecule has 2 heterocycles. The van der Waals surface area contributed by atoms with Crippen molar-refractivity contribution in [2.75, 3.05) is 17.7 Å². The lowest BCUT2D eigenvalue weighted by Crippen LogP contribution is -2.06. The van der Waals surface area contributed by atoms with Gasteiger partial charge in [0.2, 0.25) is 5.95 Å². The molecule has 0 aliphatic rings. The number of rotatable bonds is 6. The second kappa shape index (κ2) is 7.17. The minimum Gasteiger partial charge on any atom is -0.495 e. The Balaban J connectivity index is 1.70. The van der Waals surface area contributed by atoms with E-state index < -0.39 is 0 Å². The monoisotopic (exact) mass is 308 g/mol. The second-order valence-electron chi connectivity index (χ2n) is 4.71. The van der Waals surface area contributed by atoms with Crippen molar-refractivity contribution in [3.8, 4) is 5.75 Å². The number of methoxy groups -OCH3 is 1. The van der Waals surface area contributed by atoms with Crippen LogP contribution in [-0.4, -0.2) is 27.3 Å². The molecule has 2 N–H and O–H groups in total. The Labute approximate surface area is 133 Å². The second-order valence-corrected chi connectivity index (χ2v) is 4.71. The minimum absolute atomic E-state index is 0.439. The first-order valence-electron chi connectivity index (χ1n) is 7.07. The molecule has 0 bridgehead atoms. The van der Waals surface area contributed by atoms with Gasteiger partial charge in [-0.3, -0.25) is 4.98 Å². The van der Waals surface area contributed by atoms with Gasteiger partial charge in [0.15, 0.2) is 5.82 Å². The number of nitrogens with one attached hydrogen (secondary N) is 2. The molecule has 116 valence electrons. The number of anilines is 3. The molecule has 3 rings (SSSR count). The minimum atomic E-state index is 0.439. The Kier molecular flexibility index (Phi) is 4.58. The van der Waals surface area contributed by atoms with Crippen LogP contribution in [0.3, 0.4) is 0 Å². The van der Waals surface area contributed by atoms with Crippen LogP contribution < -0.4 is 15.4 Å². The molecular weight excluding hydrogens is 292 g/mol. The van der Waals surface area contributed by atoms with Gasteiger partial charge in [-0.25, -0.2) is 0 Å². The Morgan fingerprint density at radius 1 is 1.09 bits per heavy atom. The number of benzene rings is 1. The summed E-state index contributed by atoms with van der Waals surface area (Å²) in [4.78, 5) is 8.45. The highest BCUT2D eigenvalue weighted by molar-refractivity contribution is 5.63. The fourth-order valence-corrected chi connectivity index (χ4v) is 2.01. The molecule has 0 aliphatic carbocycles. The van der Waals surface area contributed by atoms with Crippen LogP contribution in [0.4, 0.5) is 17.5 Å². The van der Waals surface area contributed by atoms with Crippen LogP contribution in [0.15, 0.2) is 55.0 Å². The SMILES string of the molecule is COc1ccccc1Nc1cnnc(NCc2cccnc2)n1. The number of pyridine rings is 1. The van der Waals surface area contributed by atoms with E-state index >= 15 is 0 Å². The summed E-state index contributed by atoms with van der Waals surface area (Å²) in [6.45, 7) is 0.577. The third-order valence-electron chi connectivity index (χ3n) is 3.10. The number of para-hydroxylation sites is 2. The van der Waals surface area contributed by atoms with E-state index in [-0.39, 0.29) is 0 Å². The Morgan fingerprint density at radius 2 is 2.00 bits per heavy atom. The van der Waals surface area contributed by atoms with Crippen molar-refractivity contribution in [3.63, 3.8) is 0 Å². The van der Waals surface area contributed by atoms with Gasteiger partial charge in [0, 0.05) is 18.9 Å². The summed E-state index contributed by atoms with van der Waals surface area (Å²) in [5, 5.41) is 14.2. The summed E-state index contributed by atoms with van der Waals surface area (Å²) >= 11 is 0. The standard InChI is InChI=1S/C16H16N6O/c1-23-14-7-3-2-6-13(14)20-15-11-19-22-16(21-15)18-10-12-5-4-8-17-9-12/h2-9,11H,10H2,1H3,(H2,18,20,21,22). The summed E-state index contributed by atoms with van der Waals surface area (Å²) in [7, 11) is 1.62. The van der Waals surface area contributed by atoms with Crippen LogP contribution in [0, 0.1) is 0 Å². The molecule has 2 aromatic heterocycles. The number of nitrogens with zero attached hydrogens (tertiary/aromatic N) is 4. The predicted molar refractivity (Wildman–Crippen MR) is 87.7 cm³/mol. The summed E-state index contributed by atoms with van der Waals surface area (Å²) in [5.74, 6) is 1.75. The molecule has 1 aromatic carbocycles. The highest BCUT2D eigenvalue weighted by Crippen LogP contribution is 2.25. The van der Waals surface area contributed by atoms with Gasteiger partial charge in [0.05, 0.1) is 19.0 Å². The van der Waals surface area contributed by atoms with Gasteiger partial charge in [-0.05, 0) is 23.8 Å². The van der Waals surface area contributed by atoms with Crippen LogP contribution in [0.25, 0.3) is 0 Å². The Morgan fingerprint density at radius 3 is 2.83 bits per heavy atom. The molecule has 7 nitrogen and oxygen atoms in total. The summed E-state index contributed by atoms with van der Waals surface area (Å²) < 4.78 is 5.30. The molecule has 0 unspecified atom stereocenters. The third kappa shape index (κ3) is 3.91. The molecule has 7 heteroatoms. The van der Waals surface area contributed by atoms with E-state index in [0.29, 0.717) is 18.3 Å². The largest absolute Gasteiger partial charge is 0.495 e. The van der Waals surface area contributed by atoms with Crippen LogP contribution in [0.1, 0.15) is 5.56 Å². The molecule has 0 fully saturated rings. The number of aromatic nitrogens is 4. The quantitative estimate of drug-likeness (QED) is 0.724. The molecule has 0 amide bonds. The van der Waals surface area contributed by atoms with Gasteiger partial charge in [0.1, 0.15) is 5.75 Å². The topological polar surface area (TPSA) is 84.9 Å². The van der Waals surface area contributed by atoms with Crippen LogP contribution in [0.5, 0.6) is 5.75 Å². The molecule has 0 saturated carbocycles. The van der Waals surface area contributed by atoms with Crippen molar-refractivity contribution < 1.29 is 4.74 Å². The van der Waals surface area contributed by atoms with Gasteiger partial charge in [-0.2, -0.15) is 10.1 Å². The molecule has 23 heavy (non-hydrogen) atoms. The van der Waals surface area contributed by atoms with Gasteiger partial charge in [0.25, 0.3) is 0 Å². The van der Waals surface area contributed by atoms with Crippen molar-refractivity contribution in [3.05, 3.63) is 60.6 Å². The zero-order valence-electron chi connectivity index (χ0n) is 12.6. The van der Waals surface area contributed by atoms with Crippen molar-refractivity contribution in [2.24, 2.45) is 0 Å². The average Bonchev–Trinajstić information content (AvgIpc) is 2.62. The molecule has 3 aromatic rings. The molecule has 0 radical (unpaired) electrons. The highest BCUT2D eigenvalue weighted by atomic mass is 16.5.